The number of esters is 2. The summed E-state index contributed by atoms with van der Waals surface area (Å²) in [7, 11) is 0. The highest BCUT2D eigenvalue weighted by Gasteiger charge is 2.32. The molecule has 3 rings (SSSR count). The van der Waals surface area contributed by atoms with Crippen LogP contribution in [-0.4, -0.2) is 31.1 Å². The van der Waals surface area contributed by atoms with E-state index in [1.54, 1.807) is 25.1 Å². The number of hydrogen-bond donors (Lipinski definition) is 1. The molecule has 142 valence electrons. The highest BCUT2D eigenvalue weighted by atomic mass is 32.1. The number of ether oxygens (including phenoxy) is 2. The van der Waals surface area contributed by atoms with Crippen molar-refractivity contribution < 1.29 is 23.9 Å². The van der Waals surface area contributed by atoms with E-state index < -0.39 is 24.5 Å². The third-order valence-corrected chi connectivity index (χ3v) is 5.07. The number of anilines is 1. The number of aryl methyl sites for hydroxylation is 1. The molecule has 1 aromatic carbocycles. The van der Waals surface area contributed by atoms with Crippen molar-refractivity contribution in [3.63, 3.8) is 0 Å². The van der Waals surface area contributed by atoms with E-state index in [-0.39, 0.29) is 6.61 Å². The lowest BCUT2D eigenvalue weighted by molar-refractivity contribution is -0.119. The second kappa shape index (κ2) is 8.35. The maximum atomic E-state index is 12.3. The van der Waals surface area contributed by atoms with Crippen molar-refractivity contribution in [2.24, 2.45) is 0 Å². The summed E-state index contributed by atoms with van der Waals surface area (Å²) in [6, 6.07) is 6.95. The van der Waals surface area contributed by atoms with Crippen molar-refractivity contribution in [3.05, 3.63) is 51.9 Å². The molecular formula is C20H21NO5S. The lowest BCUT2D eigenvalue weighted by atomic mass is 10.1. The van der Waals surface area contributed by atoms with Gasteiger partial charge >= 0.3 is 11.9 Å². The van der Waals surface area contributed by atoms with E-state index in [0.717, 1.165) is 24.0 Å². The predicted molar refractivity (Wildman–Crippen MR) is 102 cm³/mol. The molecule has 2 aromatic rings. The van der Waals surface area contributed by atoms with Crippen molar-refractivity contribution in [1.82, 2.24) is 0 Å². The summed E-state index contributed by atoms with van der Waals surface area (Å²) in [5.41, 5.74) is 2.66. The number of carbonyl (C=O) groups excluding carboxylic acids is 3. The molecule has 0 spiro atoms. The van der Waals surface area contributed by atoms with Gasteiger partial charge < -0.3 is 14.8 Å². The predicted octanol–water partition coefficient (Wildman–Crippen LogP) is 3.91. The van der Waals surface area contributed by atoms with Crippen molar-refractivity contribution in [2.45, 2.75) is 32.6 Å². The highest BCUT2D eigenvalue weighted by Crippen LogP contribution is 2.46. The Hall–Kier alpha value is -2.67. The SMILES string of the molecule is CCOC(=O)c1c(C2CC2)csc1NC(=O)COC(=O)c1cccc(C)c1. The molecule has 1 aromatic heterocycles. The Morgan fingerprint density at radius 2 is 1.96 bits per heavy atom. The number of benzene rings is 1. The van der Waals surface area contributed by atoms with E-state index in [0.29, 0.717) is 22.0 Å². The molecule has 1 fully saturated rings. The van der Waals surface area contributed by atoms with Crippen LogP contribution in [-0.2, 0) is 14.3 Å². The van der Waals surface area contributed by atoms with Crippen LogP contribution in [0.1, 0.15) is 57.5 Å². The second-order valence-electron chi connectivity index (χ2n) is 6.38. The molecule has 27 heavy (non-hydrogen) atoms. The van der Waals surface area contributed by atoms with E-state index in [2.05, 4.69) is 5.32 Å². The lowest BCUT2D eigenvalue weighted by Crippen LogP contribution is -2.22. The molecule has 0 atom stereocenters. The standard InChI is InChI=1S/C20H21NO5S/c1-3-25-20(24)17-15(13-7-8-13)11-27-18(17)21-16(22)10-26-19(23)14-6-4-5-12(2)9-14/h4-6,9,11,13H,3,7-8,10H2,1-2H3,(H,21,22). The third-order valence-electron chi connectivity index (χ3n) is 4.16. The molecule has 1 saturated carbocycles. The van der Waals surface area contributed by atoms with E-state index in [9.17, 15) is 14.4 Å². The van der Waals surface area contributed by atoms with Crippen LogP contribution in [0, 0.1) is 6.92 Å². The summed E-state index contributed by atoms with van der Waals surface area (Å²) in [4.78, 5) is 36.5. The maximum Gasteiger partial charge on any atom is 0.341 e. The number of hydrogen-bond acceptors (Lipinski definition) is 6. The normalized spacial score (nSPS) is 13.1. The second-order valence-corrected chi connectivity index (χ2v) is 7.26. The van der Waals surface area contributed by atoms with E-state index in [1.165, 1.54) is 11.3 Å². The largest absolute Gasteiger partial charge is 0.462 e. The molecule has 7 heteroatoms. The topological polar surface area (TPSA) is 81.7 Å². The molecule has 6 nitrogen and oxygen atoms in total. The number of rotatable bonds is 7. The zero-order chi connectivity index (χ0) is 19.4. The minimum atomic E-state index is -0.565. The summed E-state index contributed by atoms with van der Waals surface area (Å²) in [6.45, 7) is 3.45. The average Bonchev–Trinajstić information content (AvgIpc) is 3.40. The van der Waals surface area contributed by atoms with Gasteiger partial charge in [0.2, 0.25) is 0 Å². The Bertz CT molecular complexity index is 869. The van der Waals surface area contributed by atoms with Crippen LogP contribution in [0.15, 0.2) is 29.6 Å². The van der Waals surface area contributed by atoms with Crippen molar-refractivity contribution in [2.75, 3.05) is 18.5 Å². The van der Waals surface area contributed by atoms with Gasteiger partial charge in [0.25, 0.3) is 5.91 Å². The first-order chi connectivity index (χ1) is 13.0. The molecule has 1 N–H and O–H groups in total. The van der Waals surface area contributed by atoms with Crippen LogP contribution in [0.25, 0.3) is 0 Å². The summed E-state index contributed by atoms with van der Waals surface area (Å²) < 4.78 is 10.2. The number of nitrogens with one attached hydrogen (secondary N) is 1. The number of thiophene rings is 1. The Labute approximate surface area is 161 Å². The fourth-order valence-corrected chi connectivity index (χ4v) is 3.77. The number of amides is 1. The molecule has 1 aliphatic carbocycles. The molecule has 1 amide bonds. The molecule has 0 radical (unpaired) electrons. The van der Waals surface area contributed by atoms with Crippen molar-refractivity contribution >= 4 is 34.2 Å². The Morgan fingerprint density at radius 1 is 1.19 bits per heavy atom. The minimum Gasteiger partial charge on any atom is -0.462 e. The van der Waals surface area contributed by atoms with Gasteiger partial charge in [-0.05, 0) is 55.7 Å². The van der Waals surface area contributed by atoms with Gasteiger partial charge in [-0.25, -0.2) is 9.59 Å². The van der Waals surface area contributed by atoms with Crippen LogP contribution in [0.4, 0.5) is 5.00 Å². The van der Waals surface area contributed by atoms with Gasteiger partial charge in [-0.1, -0.05) is 17.7 Å². The van der Waals surface area contributed by atoms with Gasteiger partial charge in [0.1, 0.15) is 5.00 Å². The molecule has 1 aliphatic rings. The summed E-state index contributed by atoms with van der Waals surface area (Å²) >= 11 is 1.29. The molecule has 1 heterocycles. The molecular weight excluding hydrogens is 366 g/mol. The molecule has 0 bridgehead atoms. The van der Waals surface area contributed by atoms with Gasteiger partial charge in [0, 0.05) is 0 Å². The maximum absolute atomic E-state index is 12.3. The Kier molecular flexibility index (Phi) is 5.91. The zero-order valence-corrected chi connectivity index (χ0v) is 16.1. The van der Waals surface area contributed by atoms with Crippen molar-refractivity contribution in [3.8, 4) is 0 Å². The highest BCUT2D eigenvalue weighted by molar-refractivity contribution is 7.15. The van der Waals surface area contributed by atoms with Gasteiger partial charge in [0.15, 0.2) is 6.61 Å². The lowest BCUT2D eigenvalue weighted by Gasteiger charge is -2.09. The first-order valence-corrected chi connectivity index (χ1v) is 9.69. The Morgan fingerprint density at radius 3 is 2.63 bits per heavy atom. The summed E-state index contributed by atoms with van der Waals surface area (Å²) in [6.07, 6.45) is 2.06. The fraction of sp³-hybridized carbons (Fsp3) is 0.350. The van der Waals surface area contributed by atoms with Gasteiger partial charge in [0.05, 0.1) is 17.7 Å². The quantitative estimate of drug-likeness (QED) is 0.729. The van der Waals surface area contributed by atoms with E-state index >= 15 is 0 Å². The monoisotopic (exact) mass is 387 g/mol. The zero-order valence-electron chi connectivity index (χ0n) is 15.2. The van der Waals surface area contributed by atoms with Crippen LogP contribution in [0.2, 0.25) is 0 Å². The summed E-state index contributed by atoms with van der Waals surface area (Å²) in [5, 5.41) is 5.00. The summed E-state index contributed by atoms with van der Waals surface area (Å²) in [5.74, 6) is -1.15. The smallest absolute Gasteiger partial charge is 0.341 e. The molecule has 0 saturated heterocycles. The van der Waals surface area contributed by atoms with Crippen LogP contribution in [0.5, 0.6) is 0 Å². The van der Waals surface area contributed by atoms with Crippen LogP contribution >= 0.6 is 11.3 Å². The van der Waals surface area contributed by atoms with Gasteiger partial charge in [-0.15, -0.1) is 11.3 Å². The van der Waals surface area contributed by atoms with Gasteiger partial charge in [-0.2, -0.15) is 0 Å². The van der Waals surface area contributed by atoms with Crippen LogP contribution in [0.3, 0.4) is 0 Å². The number of carbonyl (C=O) groups is 3. The van der Waals surface area contributed by atoms with E-state index in [4.69, 9.17) is 9.47 Å². The third kappa shape index (κ3) is 4.74. The first-order valence-electron chi connectivity index (χ1n) is 8.81. The molecule has 0 aliphatic heterocycles. The van der Waals surface area contributed by atoms with Crippen molar-refractivity contribution in [1.29, 1.82) is 0 Å². The minimum absolute atomic E-state index is 0.264. The molecule has 0 unspecified atom stereocenters. The van der Waals surface area contributed by atoms with Gasteiger partial charge in [-0.3, -0.25) is 4.79 Å². The fourth-order valence-electron chi connectivity index (χ4n) is 2.72. The van der Waals surface area contributed by atoms with E-state index in [1.807, 2.05) is 18.4 Å². The van der Waals surface area contributed by atoms with Crippen LogP contribution < -0.4 is 5.32 Å². The average molecular weight is 387 g/mol. The first kappa shape index (κ1) is 19.1. The Balaban J connectivity index is 1.64.